The minimum absolute atomic E-state index is 0.147. The van der Waals surface area contributed by atoms with Crippen LogP contribution in [0, 0.1) is 20.8 Å². The molecule has 5 heteroatoms. The topological polar surface area (TPSA) is 17.6 Å². The average molecular weight is 498 g/mol. The predicted molar refractivity (Wildman–Crippen MR) is 154 cm³/mol. The molecule has 38 heavy (non-hydrogen) atoms. The molecule has 1 aliphatic carbocycles. The second kappa shape index (κ2) is 9.16. The third-order valence-electron chi connectivity index (χ3n) is 8.80. The number of aryl methyl sites for hydroxylation is 3. The third kappa shape index (κ3) is 3.92. The van der Waals surface area contributed by atoms with Crippen LogP contribution in [0.4, 0.5) is 0 Å². The third-order valence-corrected chi connectivity index (χ3v) is 8.80. The number of rotatable bonds is 1. The first-order valence-corrected chi connectivity index (χ1v) is 14.0. The van der Waals surface area contributed by atoms with Crippen molar-refractivity contribution in [3.63, 3.8) is 0 Å². The molecule has 1 aliphatic heterocycles. The van der Waals surface area contributed by atoms with Crippen molar-refractivity contribution in [3.8, 4) is 11.4 Å². The SMILES string of the molecule is Cc1cc(C)c(B2c3cccc(c3)-n3cc[n+](c3)C3CCCCC3[n+]3ccn(c3)-c3cccc2c3)c(C)c1. The number of hydrogen-bond donors (Lipinski definition) is 0. The van der Waals surface area contributed by atoms with Gasteiger partial charge in [0, 0.05) is 0 Å². The van der Waals surface area contributed by atoms with Crippen LogP contribution in [-0.4, -0.2) is 15.8 Å². The van der Waals surface area contributed by atoms with Crippen molar-refractivity contribution in [1.29, 1.82) is 0 Å². The largest absolute Gasteiger partial charge is 0.249 e. The Morgan fingerprint density at radius 3 is 1.68 bits per heavy atom. The highest BCUT2D eigenvalue weighted by molar-refractivity contribution is 6.96. The Bertz CT molecular complexity index is 1530. The molecule has 0 saturated heterocycles. The van der Waals surface area contributed by atoms with E-state index < -0.39 is 0 Å². The maximum atomic E-state index is 2.45. The quantitative estimate of drug-likeness (QED) is 0.246. The van der Waals surface area contributed by atoms with Gasteiger partial charge in [-0.05, 0) is 70.7 Å². The molecule has 2 aromatic heterocycles. The first-order chi connectivity index (χ1) is 18.5. The summed E-state index contributed by atoms with van der Waals surface area (Å²) in [6.45, 7) is 6.88. The first-order valence-electron chi connectivity index (χ1n) is 14.0. The predicted octanol–water partition coefficient (Wildman–Crippen LogP) is 3.95. The Balaban J connectivity index is 1.49. The maximum Gasteiger partial charge on any atom is 0.249 e. The van der Waals surface area contributed by atoms with Crippen molar-refractivity contribution in [2.24, 2.45) is 0 Å². The van der Waals surface area contributed by atoms with Gasteiger partial charge in [0.15, 0.2) is 0 Å². The second-order valence-corrected chi connectivity index (χ2v) is 11.4. The van der Waals surface area contributed by atoms with E-state index in [4.69, 9.17) is 0 Å². The Labute approximate surface area is 225 Å². The van der Waals surface area contributed by atoms with Crippen LogP contribution in [-0.2, 0) is 0 Å². The van der Waals surface area contributed by atoms with Crippen molar-refractivity contribution in [1.82, 2.24) is 9.13 Å². The Hall–Kier alpha value is -3.86. The average Bonchev–Trinajstić information content (AvgIpc) is 3.61. The van der Waals surface area contributed by atoms with Crippen LogP contribution in [0.1, 0.15) is 54.5 Å². The van der Waals surface area contributed by atoms with Crippen molar-refractivity contribution >= 4 is 23.1 Å². The van der Waals surface area contributed by atoms with E-state index in [2.05, 4.69) is 137 Å². The van der Waals surface area contributed by atoms with Gasteiger partial charge in [-0.2, -0.15) is 0 Å². The highest BCUT2D eigenvalue weighted by atomic mass is 15.2. The number of hydrogen-bond acceptors (Lipinski definition) is 0. The lowest BCUT2D eigenvalue weighted by molar-refractivity contribution is -0.819. The molecule has 8 bridgehead atoms. The van der Waals surface area contributed by atoms with Crippen LogP contribution in [0.5, 0.6) is 0 Å². The smallest absolute Gasteiger partial charge is 0.229 e. The van der Waals surface area contributed by atoms with Gasteiger partial charge in [-0.1, -0.05) is 69.5 Å². The standard InChI is InChI=1S/C33H35BN4/c1-24-18-25(2)33(26(3)19-24)34-27-8-6-10-29(20-27)35-14-16-37(22-35)31-12-4-5-13-32(31)38-17-15-36(23-38)30-11-7-9-28(34)21-30/h6-11,14-23,31-32H,4-5,12-13H2,1-3H3/q+2. The molecule has 1 saturated carbocycles. The van der Waals surface area contributed by atoms with Crippen LogP contribution >= 0.6 is 0 Å². The van der Waals surface area contributed by atoms with E-state index in [1.165, 1.54) is 70.1 Å². The molecule has 3 aromatic carbocycles. The van der Waals surface area contributed by atoms with Crippen LogP contribution in [0.25, 0.3) is 11.4 Å². The van der Waals surface area contributed by atoms with Crippen LogP contribution in [0.2, 0.25) is 0 Å². The lowest BCUT2D eigenvalue weighted by Gasteiger charge is -2.26. The van der Waals surface area contributed by atoms with Gasteiger partial charge in [-0.15, -0.1) is 0 Å². The first kappa shape index (κ1) is 23.3. The van der Waals surface area contributed by atoms with E-state index in [0.717, 1.165) is 0 Å². The summed E-state index contributed by atoms with van der Waals surface area (Å²) >= 11 is 0. The molecule has 0 spiro atoms. The molecule has 0 radical (unpaired) electrons. The summed E-state index contributed by atoms with van der Waals surface area (Å²) in [5.41, 5.74) is 10.5. The molecule has 0 amide bonds. The molecule has 7 rings (SSSR count). The molecule has 188 valence electrons. The molecule has 1 fully saturated rings. The Kier molecular flexibility index (Phi) is 5.61. The summed E-state index contributed by atoms with van der Waals surface area (Å²) in [7, 11) is 0. The maximum absolute atomic E-state index is 2.45. The highest BCUT2D eigenvalue weighted by Gasteiger charge is 2.35. The van der Waals surface area contributed by atoms with Gasteiger partial charge in [-0.3, -0.25) is 0 Å². The number of nitrogens with zero attached hydrogens (tertiary/aromatic N) is 4. The molecule has 3 heterocycles. The molecule has 0 N–H and O–H groups in total. The lowest BCUT2D eigenvalue weighted by Crippen LogP contribution is -2.54. The lowest BCUT2D eigenvalue weighted by atomic mass is 9.35. The zero-order valence-corrected chi connectivity index (χ0v) is 22.6. The monoisotopic (exact) mass is 498 g/mol. The summed E-state index contributed by atoms with van der Waals surface area (Å²) in [6.07, 6.45) is 18.6. The zero-order chi connectivity index (χ0) is 25.8. The number of benzene rings is 3. The van der Waals surface area contributed by atoms with Crippen molar-refractivity contribution < 1.29 is 9.13 Å². The van der Waals surface area contributed by atoms with Gasteiger partial charge in [0.05, 0.1) is 0 Å². The second-order valence-electron chi connectivity index (χ2n) is 11.4. The van der Waals surface area contributed by atoms with Gasteiger partial charge in [0.2, 0.25) is 19.4 Å². The fourth-order valence-electron chi connectivity index (χ4n) is 7.13. The Morgan fingerprint density at radius 2 is 1.18 bits per heavy atom. The van der Waals surface area contributed by atoms with E-state index >= 15 is 0 Å². The summed E-state index contributed by atoms with van der Waals surface area (Å²) < 4.78 is 9.50. The van der Waals surface area contributed by atoms with Crippen molar-refractivity contribution in [3.05, 3.63) is 115 Å². The highest BCUT2D eigenvalue weighted by Crippen LogP contribution is 2.30. The minimum atomic E-state index is 0.147. The molecule has 2 atom stereocenters. The van der Waals surface area contributed by atoms with E-state index in [-0.39, 0.29) is 6.71 Å². The zero-order valence-electron chi connectivity index (χ0n) is 22.6. The molecule has 2 unspecified atom stereocenters. The van der Waals surface area contributed by atoms with Crippen LogP contribution in [0.15, 0.2) is 98.1 Å². The van der Waals surface area contributed by atoms with E-state index in [9.17, 15) is 0 Å². The summed E-state index contributed by atoms with van der Waals surface area (Å²) in [5, 5.41) is 0. The van der Waals surface area contributed by atoms with Crippen molar-refractivity contribution in [2.45, 2.75) is 58.5 Å². The molecular formula is C33H35BN4+2. The van der Waals surface area contributed by atoms with Crippen LogP contribution < -0.4 is 25.5 Å². The van der Waals surface area contributed by atoms with E-state index in [0.29, 0.717) is 12.1 Å². The van der Waals surface area contributed by atoms with Gasteiger partial charge in [0.25, 0.3) is 0 Å². The van der Waals surface area contributed by atoms with Gasteiger partial charge >= 0.3 is 0 Å². The van der Waals surface area contributed by atoms with E-state index in [1.807, 2.05) is 0 Å². The molecule has 4 nitrogen and oxygen atoms in total. The minimum Gasteiger partial charge on any atom is -0.229 e. The summed E-state index contributed by atoms with van der Waals surface area (Å²) in [6, 6.07) is 23.9. The summed E-state index contributed by atoms with van der Waals surface area (Å²) in [4.78, 5) is 0. The Morgan fingerprint density at radius 1 is 0.684 bits per heavy atom. The normalized spacial score (nSPS) is 18.4. The molecule has 2 aliphatic rings. The fraction of sp³-hybridized carbons (Fsp3) is 0.273. The van der Waals surface area contributed by atoms with Gasteiger partial charge in [0.1, 0.15) is 48.2 Å². The van der Waals surface area contributed by atoms with E-state index in [1.54, 1.807) is 0 Å². The number of aromatic nitrogens is 4. The van der Waals surface area contributed by atoms with Crippen molar-refractivity contribution in [2.75, 3.05) is 0 Å². The van der Waals surface area contributed by atoms with Crippen LogP contribution in [0.3, 0.4) is 0 Å². The number of fused-ring (bicyclic) bond motifs is 13. The summed E-state index contributed by atoms with van der Waals surface area (Å²) in [5.74, 6) is 0. The molecule has 5 aromatic rings. The molecular weight excluding hydrogens is 463 g/mol. The van der Waals surface area contributed by atoms with Gasteiger partial charge in [-0.25, -0.2) is 18.3 Å². The number of imidazole rings is 2. The van der Waals surface area contributed by atoms with Gasteiger partial charge < -0.3 is 0 Å². The fourth-order valence-corrected chi connectivity index (χ4v) is 7.13.